The lowest BCUT2D eigenvalue weighted by molar-refractivity contribution is 0.0802. The number of rotatable bonds is 6. The second kappa shape index (κ2) is 7.75. The molecule has 0 saturated heterocycles. The molecule has 0 spiro atoms. The molecule has 0 aliphatic rings. The van der Waals surface area contributed by atoms with E-state index in [1.165, 1.54) is 11.3 Å². The van der Waals surface area contributed by atoms with E-state index in [0.717, 1.165) is 16.3 Å². The quantitative estimate of drug-likeness (QED) is 0.813. The average molecular weight is 329 g/mol. The zero-order valence-corrected chi connectivity index (χ0v) is 14.3. The molecule has 0 atom stereocenters. The van der Waals surface area contributed by atoms with E-state index in [0.29, 0.717) is 30.1 Å². The molecule has 0 aliphatic carbocycles. The summed E-state index contributed by atoms with van der Waals surface area (Å²) < 4.78 is 5.43. The maximum Gasteiger partial charge on any atom is 0.265 e. The Bertz CT molecular complexity index is 716. The Labute approximate surface area is 140 Å². The van der Waals surface area contributed by atoms with Crippen molar-refractivity contribution in [1.29, 1.82) is 5.26 Å². The van der Waals surface area contributed by atoms with Gasteiger partial charge in [-0.25, -0.2) is 4.98 Å². The standard InChI is InChI=1S/C17H19N3O2S/c1-4-22-14-8-6-13(7-9-14)16-19-12(2)15(23-16)17(21)20(3)11-5-10-18/h6-9H,4-5,11H2,1-3H3. The Kier molecular flexibility index (Phi) is 5.72. The highest BCUT2D eigenvalue weighted by molar-refractivity contribution is 7.17. The molecule has 120 valence electrons. The van der Waals surface area contributed by atoms with E-state index in [1.54, 1.807) is 11.9 Å². The highest BCUT2D eigenvalue weighted by atomic mass is 32.1. The Morgan fingerprint density at radius 2 is 2.09 bits per heavy atom. The summed E-state index contributed by atoms with van der Waals surface area (Å²) in [4.78, 5) is 19.1. The number of nitriles is 1. The first-order valence-electron chi connectivity index (χ1n) is 7.40. The van der Waals surface area contributed by atoms with E-state index in [2.05, 4.69) is 4.98 Å². The van der Waals surface area contributed by atoms with E-state index in [1.807, 2.05) is 44.2 Å². The van der Waals surface area contributed by atoms with Gasteiger partial charge in [0.15, 0.2) is 0 Å². The summed E-state index contributed by atoms with van der Waals surface area (Å²) in [6.45, 7) is 4.83. The van der Waals surface area contributed by atoms with Crippen molar-refractivity contribution in [2.45, 2.75) is 20.3 Å². The van der Waals surface area contributed by atoms with Crippen molar-refractivity contribution in [3.8, 4) is 22.4 Å². The normalized spacial score (nSPS) is 10.2. The molecule has 1 amide bonds. The SMILES string of the molecule is CCOc1ccc(-c2nc(C)c(C(=O)N(C)CCC#N)s2)cc1. The molecule has 0 bridgehead atoms. The van der Waals surface area contributed by atoms with Gasteiger partial charge in [0.05, 0.1) is 24.8 Å². The Morgan fingerprint density at radius 3 is 2.70 bits per heavy atom. The van der Waals surface area contributed by atoms with Crippen LogP contribution in [0.4, 0.5) is 0 Å². The highest BCUT2D eigenvalue weighted by Gasteiger charge is 2.19. The monoisotopic (exact) mass is 329 g/mol. The van der Waals surface area contributed by atoms with E-state index < -0.39 is 0 Å². The van der Waals surface area contributed by atoms with E-state index in [-0.39, 0.29) is 5.91 Å². The molecule has 2 aromatic rings. The van der Waals surface area contributed by atoms with Crippen LogP contribution in [0.15, 0.2) is 24.3 Å². The van der Waals surface area contributed by atoms with Crippen molar-refractivity contribution in [3.05, 3.63) is 34.8 Å². The Hall–Kier alpha value is -2.39. The molecule has 23 heavy (non-hydrogen) atoms. The molecule has 6 heteroatoms. The van der Waals surface area contributed by atoms with Gasteiger partial charge in [-0.05, 0) is 38.1 Å². The van der Waals surface area contributed by atoms with Crippen LogP contribution in [0.5, 0.6) is 5.75 Å². The molecule has 1 aromatic heterocycles. The molecule has 0 fully saturated rings. The minimum Gasteiger partial charge on any atom is -0.494 e. The van der Waals surface area contributed by atoms with Crippen LogP contribution < -0.4 is 4.74 Å². The predicted molar refractivity (Wildman–Crippen MR) is 90.6 cm³/mol. The topological polar surface area (TPSA) is 66.2 Å². The molecule has 1 heterocycles. The summed E-state index contributed by atoms with van der Waals surface area (Å²) in [6.07, 6.45) is 0.325. The number of hydrogen-bond donors (Lipinski definition) is 0. The molecule has 0 saturated carbocycles. The molecule has 0 radical (unpaired) electrons. The maximum atomic E-state index is 12.4. The number of hydrogen-bond acceptors (Lipinski definition) is 5. The van der Waals surface area contributed by atoms with Crippen molar-refractivity contribution >= 4 is 17.2 Å². The lowest BCUT2D eigenvalue weighted by atomic mass is 10.2. The number of amides is 1. The number of aryl methyl sites for hydroxylation is 1. The average Bonchev–Trinajstić information content (AvgIpc) is 2.94. The summed E-state index contributed by atoms with van der Waals surface area (Å²) in [6, 6.07) is 9.73. The van der Waals surface area contributed by atoms with Crippen molar-refractivity contribution in [1.82, 2.24) is 9.88 Å². The smallest absolute Gasteiger partial charge is 0.265 e. The van der Waals surface area contributed by atoms with Crippen LogP contribution in [-0.4, -0.2) is 36.0 Å². The lowest BCUT2D eigenvalue weighted by Gasteiger charge is -2.14. The fraction of sp³-hybridized carbons (Fsp3) is 0.353. The number of nitrogens with zero attached hydrogens (tertiary/aromatic N) is 3. The summed E-state index contributed by atoms with van der Waals surface area (Å²) in [5, 5.41) is 9.44. The fourth-order valence-electron chi connectivity index (χ4n) is 2.07. The molecule has 5 nitrogen and oxygen atoms in total. The minimum absolute atomic E-state index is 0.0903. The van der Waals surface area contributed by atoms with Gasteiger partial charge < -0.3 is 9.64 Å². The highest BCUT2D eigenvalue weighted by Crippen LogP contribution is 2.29. The van der Waals surface area contributed by atoms with Crippen molar-refractivity contribution in [3.63, 3.8) is 0 Å². The zero-order valence-electron chi connectivity index (χ0n) is 13.5. The first-order chi connectivity index (χ1) is 11.1. The molecule has 0 unspecified atom stereocenters. The molecule has 2 rings (SSSR count). The van der Waals surface area contributed by atoms with Gasteiger partial charge in [0.25, 0.3) is 5.91 Å². The number of benzene rings is 1. The third-order valence-electron chi connectivity index (χ3n) is 3.31. The fourth-order valence-corrected chi connectivity index (χ4v) is 3.14. The van der Waals surface area contributed by atoms with E-state index in [9.17, 15) is 4.79 Å². The van der Waals surface area contributed by atoms with Gasteiger partial charge in [-0.3, -0.25) is 4.79 Å². The predicted octanol–water partition coefficient (Wildman–Crippen LogP) is 3.50. The number of aromatic nitrogens is 1. The van der Waals surface area contributed by atoms with Crippen LogP contribution in [0.2, 0.25) is 0 Å². The van der Waals surface area contributed by atoms with Crippen LogP contribution >= 0.6 is 11.3 Å². The van der Waals surface area contributed by atoms with Gasteiger partial charge in [-0.1, -0.05) is 0 Å². The van der Waals surface area contributed by atoms with Crippen LogP contribution in [0.3, 0.4) is 0 Å². The van der Waals surface area contributed by atoms with Crippen molar-refractivity contribution < 1.29 is 9.53 Å². The molecular weight excluding hydrogens is 310 g/mol. The van der Waals surface area contributed by atoms with Crippen LogP contribution in [-0.2, 0) is 0 Å². The second-order valence-electron chi connectivity index (χ2n) is 5.03. The third-order valence-corrected chi connectivity index (χ3v) is 4.50. The second-order valence-corrected chi connectivity index (χ2v) is 6.02. The Balaban J connectivity index is 2.20. The van der Waals surface area contributed by atoms with Gasteiger partial charge in [0.1, 0.15) is 15.6 Å². The summed E-state index contributed by atoms with van der Waals surface area (Å²) in [5.74, 6) is 0.726. The largest absolute Gasteiger partial charge is 0.494 e. The summed E-state index contributed by atoms with van der Waals surface area (Å²) in [5.41, 5.74) is 1.67. The van der Waals surface area contributed by atoms with Crippen LogP contribution in [0, 0.1) is 18.3 Å². The number of carbonyl (C=O) groups is 1. The number of carbonyl (C=O) groups excluding carboxylic acids is 1. The molecule has 0 aliphatic heterocycles. The maximum absolute atomic E-state index is 12.4. The van der Waals surface area contributed by atoms with Gasteiger partial charge in [-0.2, -0.15) is 5.26 Å². The molecular formula is C17H19N3O2S. The van der Waals surface area contributed by atoms with Gasteiger partial charge in [0, 0.05) is 19.2 Å². The first kappa shape index (κ1) is 17.0. The molecule has 0 N–H and O–H groups in total. The zero-order chi connectivity index (χ0) is 16.8. The minimum atomic E-state index is -0.0903. The van der Waals surface area contributed by atoms with Gasteiger partial charge in [-0.15, -0.1) is 11.3 Å². The van der Waals surface area contributed by atoms with E-state index in [4.69, 9.17) is 10.00 Å². The van der Waals surface area contributed by atoms with Gasteiger partial charge >= 0.3 is 0 Å². The summed E-state index contributed by atoms with van der Waals surface area (Å²) in [7, 11) is 1.70. The first-order valence-corrected chi connectivity index (χ1v) is 8.21. The Morgan fingerprint density at radius 1 is 1.39 bits per heavy atom. The van der Waals surface area contributed by atoms with Gasteiger partial charge in [0.2, 0.25) is 0 Å². The summed E-state index contributed by atoms with van der Waals surface area (Å²) >= 11 is 1.38. The van der Waals surface area contributed by atoms with Crippen molar-refractivity contribution in [2.75, 3.05) is 20.2 Å². The number of thiazole rings is 1. The van der Waals surface area contributed by atoms with E-state index >= 15 is 0 Å². The van der Waals surface area contributed by atoms with Crippen LogP contribution in [0.1, 0.15) is 28.7 Å². The number of ether oxygens (including phenoxy) is 1. The lowest BCUT2D eigenvalue weighted by Crippen LogP contribution is -2.27. The molecule has 1 aromatic carbocycles. The van der Waals surface area contributed by atoms with Crippen LogP contribution in [0.25, 0.3) is 10.6 Å². The van der Waals surface area contributed by atoms with Crippen molar-refractivity contribution in [2.24, 2.45) is 0 Å². The third kappa shape index (κ3) is 4.08.